The van der Waals surface area contributed by atoms with Crippen LogP contribution >= 0.6 is 11.8 Å². The second kappa shape index (κ2) is 6.52. The summed E-state index contributed by atoms with van der Waals surface area (Å²) in [5.41, 5.74) is -0.203. The van der Waals surface area contributed by atoms with Gasteiger partial charge in [-0.2, -0.15) is 0 Å². The van der Waals surface area contributed by atoms with Crippen LogP contribution in [0.2, 0.25) is 0 Å². The van der Waals surface area contributed by atoms with Gasteiger partial charge in [0.25, 0.3) is 0 Å². The summed E-state index contributed by atoms with van der Waals surface area (Å²) in [6.45, 7) is 0. The zero-order chi connectivity index (χ0) is 16.3. The number of hydrogen-bond donors (Lipinski definition) is 1. The summed E-state index contributed by atoms with van der Waals surface area (Å²) >= 11 is 1.50. The Balaban J connectivity index is 2.34. The molecule has 3 aromatic rings. The summed E-state index contributed by atoms with van der Waals surface area (Å²) in [7, 11) is 0. The van der Waals surface area contributed by atoms with E-state index in [4.69, 9.17) is 0 Å². The van der Waals surface area contributed by atoms with E-state index in [1.54, 1.807) is 42.7 Å². The van der Waals surface area contributed by atoms with Gasteiger partial charge in [-0.15, -0.1) is 11.8 Å². The molecule has 2 aromatic carbocycles. The van der Waals surface area contributed by atoms with E-state index in [0.717, 1.165) is 4.90 Å². The first-order chi connectivity index (χ1) is 11.2. The van der Waals surface area contributed by atoms with E-state index in [-0.39, 0.29) is 5.56 Å². The van der Waals surface area contributed by atoms with Gasteiger partial charge in [-0.3, -0.25) is 4.98 Å². The monoisotopic (exact) mass is 325 g/mol. The van der Waals surface area contributed by atoms with Crippen molar-refractivity contribution < 1.29 is 9.50 Å². The Morgan fingerprint density at radius 2 is 1.65 bits per heavy atom. The zero-order valence-electron chi connectivity index (χ0n) is 12.6. The fourth-order valence-corrected chi connectivity index (χ4v) is 3.34. The number of halogens is 1. The lowest BCUT2D eigenvalue weighted by molar-refractivity contribution is 0.118. The van der Waals surface area contributed by atoms with Gasteiger partial charge in [-0.1, -0.05) is 48.5 Å². The van der Waals surface area contributed by atoms with Crippen molar-refractivity contribution >= 4 is 11.8 Å². The second-order valence-corrected chi connectivity index (χ2v) is 5.98. The molecule has 0 amide bonds. The lowest BCUT2D eigenvalue weighted by Crippen LogP contribution is -2.31. The lowest BCUT2D eigenvalue weighted by atomic mass is 9.81. The van der Waals surface area contributed by atoms with Crippen LogP contribution in [0.4, 0.5) is 4.39 Å². The van der Waals surface area contributed by atoms with Gasteiger partial charge < -0.3 is 5.11 Å². The van der Waals surface area contributed by atoms with E-state index in [1.807, 2.05) is 30.5 Å². The Bertz CT molecular complexity index is 809. The minimum absolute atomic E-state index is 0.217. The maximum atomic E-state index is 14.5. The first-order valence-electron chi connectivity index (χ1n) is 7.19. The molecule has 0 radical (unpaired) electrons. The number of rotatable bonds is 4. The molecule has 4 heteroatoms. The molecule has 0 aliphatic rings. The molecule has 0 aliphatic carbocycles. The summed E-state index contributed by atoms with van der Waals surface area (Å²) in [6, 6.07) is 17.3. The quantitative estimate of drug-likeness (QED) is 0.729. The summed E-state index contributed by atoms with van der Waals surface area (Å²) in [5, 5.41) is 11.6. The third kappa shape index (κ3) is 2.76. The molecule has 23 heavy (non-hydrogen) atoms. The van der Waals surface area contributed by atoms with Gasteiger partial charge in [-0.25, -0.2) is 4.39 Å². The fraction of sp³-hybridized carbons (Fsp3) is 0.105. The number of nitrogens with zero attached hydrogens (tertiary/aromatic N) is 1. The Hall–Kier alpha value is -2.17. The number of hydrogen-bond acceptors (Lipinski definition) is 3. The topological polar surface area (TPSA) is 33.1 Å². The van der Waals surface area contributed by atoms with Crippen LogP contribution in [0.1, 0.15) is 16.7 Å². The van der Waals surface area contributed by atoms with E-state index in [0.29, 0.717) is 11.1 Å². The van der Waals surface area contributed by atoms with Crippen molar-refractivity contribution in [1.29, 1.82) is 0 Å². The van der Waals surface area contributed by atoms with Crippen molar-refractivity contribution in [1.82, 2.24) is 4.98 Å². The summed E-state index contributed by atoms with van der Waals surface area (Å²) in [4.78, 5) is 5.00. The van der Waals surface area contributed by atoms with Gasteiger partial charge in [0.2, 0.25) is 0 Å². The molecule has 0 bridgehead atoms. The van der Waals surface area contributed by atoms with Crippen molar-refractivity contribution in [3.8, 4) is 0 Å². The predicted octanol–water partition coefficient (Wildman–Crippen LogP) is 4.23. The smallest absolute Gasteiger partial charge is 0.145 e. The maximum absolute atomic E-state index is 14.5. The molecule has 1 atom stereocenters. The number of aromatic nitrogens is 1. The SMILES string of the molecule is CSc1ccncc1C(O)(c1ccccc1)c1ccccc1F. The molecule has 1 heterocycles. The zero-order valence-corrected chi connectivity index (χ0v) is 13.4. The molecule has 1 N–H and O–H groups in total. The van der Waals surface area contributed by atoms with Gasteiger partial charge >= 0.3 is 0 Å². The molecule has 3 rings (SSSR count). The van der Waals surface area contributed by atoms with E-state index in [2.05, 4.69) is 4.98 Å². The minimum Gasteiger partial charge on any atom is -0.376 e. The average molecular weight is 325 g/mol. The molecular weight excluding hydrogens is 309 g/mol. The molecule has 0 fully saturated rings. The van der Waals surface area contributed by atoms with Crippen LogP contribution in [0.15, 0.2) is 78.0 Å². The molecule has 0 spiro atoms. The van der Waals surface area contributed by atoms with E-state index >= 15 is 0 Å². The molecule has 1 aromatic heterocycles. The van der Waals surface area contributed by atoms with Crippen LogP contribution in [0.5, 0.6) is 0 Å². The average Bonchev–Trinajstić information content (AvgIpc) is 2.62. The van der Waals surface area contributed by atoms with Crippen LogP contribution in [0, 0.1) is 5.82 Å². The summed E-state index contributed by atoms with van der Waals surface area (Å²) < 4.78 is 14.5. The van der Waals surface area contributed by atoms with Gasteiger partial charge in [-0.05, 0) is 24.0 Å². The van der Waals surface area contributed by atoms with Crippen molar-refractivity contribution in [3.05, 3.63) is 95.6 Å². The summed E-state index contributed by atoms with van der Waals surface area (Å²) in [5.74, 6) is -0.449. The molecule has 2 nitrogen and oxygen atoms in total. The molecule has 116 valence electrons. The van der Waals surface area contributed by atoms with Crippen LogP contribution in [-0.4, -0.2) is 16.3 Å². The Kier molecular flexibility index (Phi) is 4.46. The van der Waals surface area contributed by atoms with Crippen molar-refractivity contribution in [2.75, 3.05) is 6.26 Å². The normalized spacial score (nSPS) is 13.5. The highest BCUT2D eigenvalue weighted by Crippen LogP contribution is 2.41. The van der Waals surface area contributed by atoms with Gasteiger partial charge in [0.1, 0.15) is 11.4 Å². The number of aliphatic hydroxyl groups is 1. The van der Waals surface area contributed by atoms with E-state index in [1.165, 1.54) is 17.8 Å². The molecule has 0 saturated heterocycles. The van der Waals surface area contributed by atoms with Crippen molar-refractivity contribution in [3.63, 3.8) is 0 Å². The van der Waals surface area contributed by atoms with Crippen LogP contribution < -0.4 is 0 Å². The fourth-order valence-electron chi connectivity index (χ4n) is 2.72. The first-order valence-corrected chi connectivity index (χ1v) is 8.41. The number of pyridine rings is 1. The van der Waals surface area contributed by atoms with Crippen LogP contribution in [0.3, 0.4) is 0 Å². The van der Waals surface area contributed by atoms with Crippen LogP contribution in [-0.2, 0) is 5.60 Å². The molecular formula is C19H16FNOS. The highest BCUT2D eigenvalue weighted by atomic mass is 32.2. The van der Waals surface area contributed by atoms with E-state index in [9.17, 15) is 9.50 Å². The second-order valence-electron chi connectivity index (χ2n) is 5.13. The molecule has 0 aliphatic heterocycles. The van der Waals surface area contributed by atoms with Crippen LogP contribution in [0.25, 0.3) is 0 Å². The Morgan fingerprint density at radius 3 is 2.35 bits per heavy atom. The lowest BCUT2D eigenvalue weighted by Gasteiger charge is -2.31. The largest absolute Gasteiger partial charge is 0.376 e. The Morgan fingerprint density at radius 1 is 0.957 bits per heavy atom. The number of benzene rings is 2. The third-order valence-electron chi connectivity index (χ3n) is 3.85. The highest BCUT2D eigenvalue weighted by molar-refractivity contribution is 7.98. The predicted molar refractivity (Wildman–Crippen MR) is 91.0 cm³/mol. The van der Waals surface area contributed by atoms with Crippen molar-refractivity contribution in [2.45, 2.75) is 10.5 Å². The van der Waals surface area contributed by atoms with Gasteiger partial charge in [0.15, 0.2) is 0 Å². The van der Waals surface area contributed by atoms with Gasteiger partial charge in [0.05, 0.1) is 0 Å². The van der Waals surface area contributed by atoms with Crippen molar-refractivity contribution in [2.24, 2.45) is 0 Å². The minimum atomic E-state index is -1.60. The Labute approximate surface area is 139 Å². The third-order valence-corrected chi connectivity index (χ3v) is 4.64. The molecule has 0 saturated carbocycles. The highest BCUT2D eigenvalue weighted by Gasteiger charge is 2.38. The first kappa shape index (κ1) is 15.7. The van der Waals surface area contributed by atoms with Gasteiger partial charge in [0, 0.05) is 28.4 Å². The maximum Gasteiger partial charge on any atom is 0.145 e. The number of thioether (sulfide) groups is 1. The standard InChI is InChI=1S/C19H16FNOS/c1-23-18-11-12-21-13-16(18)19(22,14-7-3-2-4-8-14)15-9-5-6-10-17(15)20/h2-13,22H,1H3. The summed E-state index contributed by atoms with van der Waals surface area (Å²) in [6.07, 6.45) is 5.19. The molecule has 1 unspecified atom stereocenters. The van der Waals surface area contributed by atoms with E-state index < -0.39 is 11.4 Å².